The molecule has 2 rings (SSSR count). The molecule has 0 radical (unpaired) electrons. The van der Waals surface area contributed by atoms with Crippen LogP contribution in [-0.4, -0.2) is 30.6 Å². The second-order valence-corrected chi connectivity index (χ2v) is 4.51. The van der Waals surface area contributed by atoms with Gasteiger partial charge in [0.05, 0.1) is 0 Å². The SMILES string of the molecule is CNc1cc(N(C)CC2CC2)nc(C(F)(F)F)n1. The number of hydrogen-bond acceptors (Lipinski definition) is 4. The number of anilines is 2. The smallest absolute Gasteiger partial charge is 0.373 e. The van der Waals surface area contributed by atoms with Gasteiger partial charge >= 0.3 is 6.18 Å². The summed E-state index contributed by atoms with van der Waals surface area (Å²) in [4.78, 5) is 8.76. The topological polar surface area (TPSA) is 41.0 Å². The molecule has 0 aromatic carbocycles. The zero-order valence-corrected chi connectivity index (χ0v) is 10.3. The maximum atomic E-state index is 12.7. The predicted octanol–water partition coefficient (Wildman–Crippen LogP) is 2.38. The molecule has 0 atom stereocenters. The van der Waals surface area contributed by atoms with Gasteiger partial charge in [-0.05, 0) is 18.8 Å². The molecule has 0 unspecified atom stereocenters. The maximum Gasteiger partial charge on any atom is 0.451 e. The molecule has 1 heterocycles. The number of rotatable bonds is 4. The third-order valence-corrected chi connectivity index (χ3v) is 2.84. The Labute approximate surface area is 103 Å². The average molecular weight is 260 g/mol. The van der Waals surface area contributed by atoms with Crippen molar-refractivity contribution in [2.75, 3.05) is 30.9 Å². The van der Waals surface area contributed by atoms with Gasteiger partial charge in [-0.15, -0.1) is 0 Å². The zero-order chi connectivity index (χ0) is 13.3. The van der Waals surface area contributed by atoms with E-state index in [9.17, 15) is 13.2 Å². The van der Waals surface area contributed by atoms with Crippen LogP contribution in [0.5, 0.6) is 0 Å². The van der Waals surface area contributed by atoms with Gasteiger partial charge in [-0.1, -0.05) is 0 Å². The first-order chi connectivity index (χ1) is 8.40. The van der Waals surface area contributed by atoms with Crippen LogP contribution in [0.3, 0.4) is 0 Å². The summed E-state index contributed by atoms with van der Waals surface area (Å²) in [6, 6.07) is 1.53. The van der Waals surface area contributed by atoms with Crippen LogP contribution in [0, 0.1) is 5.92 Å². The number of nitrogens with zero attached hydrogens (tertiary/aromatic N) is 3. The summed E-state index contributed by atoms with van der Waals surface area (Å²) in [6.45, 7) is 0.734. The minimum atomic E-state index is -4.53. The van der Waals surface area contributed by atoms with Crippen LogP contribution >= 0.6 is 0 Å². The van der Waals surface area contributed by atoms with Gasteiger partial charge in [-0.3, -0.25) is 0 Å². The first kappa shape index (κ1) is 12.9. The molecule has 1 fully saturated rings. The van der Waals surface area contributed by atoms with Crippen LogP contribution in [0.15, 0.2) is 6.07 Å². The summed E-state index contributed by atoms with van der Waals surface area (Å²) in [5.41, 5.74) is 0. The Hall–Kier alpha value is -1.53. The van der Waals surface area contributed by atoms with Crippen LogP contribution in [0.4, 0.5) is 24.8 Å². The van der Waals surface area contributed by atoms with E-state index < -0.39 is 12.0 Å². The largest absolute Gasteiger partial charge is 0.451 e. The van der Waals surface area contributed by atoms with Crippen LogP contribution in [0.2, 0.25) is 0 Å². The maximum absolute atomic E-state index is 12.7. The van der Waals surface area contributed by atoms with E-state index in [1.54, 1.807) is 11.9 Å². The summed E-state index contributed by atoms with van der Waals surface area (Å²) >= 11 is 0. The Morgan fingerprint density at radius 2 is 2.06 bits per heavy atom. The lowest BCUT2D eigenvalue weighted by Gasteiger charge is -2.19. The minimum Gasteiger partial charge on any atom is -0.373 e. The average Bonchev–Trinajstić information content (AvgIpc) is 3.11. The molecule has 100 valence electrons. The number of aromatic nitrogens is 2. The summed E-state index contributed by atoms with van der Waals surface area (Å²) < 4.78 is 38.0. The Kier molecular flexibility index (Phi) is 3.32. The van der Waals surface area contributed by atoms with Gasteiger partial charge in [0.1, 0.15) is 11.6 Å². The van der Waals surface area contributed by atoms with Crippen LogP contribution < -0.4 is 10.2 Å². The van der Waals surface area contributed by atoms with E-state index in [1.807, 2.05) is 0 Å². The molecular formula is C11H15F3N4. The fraction of sp³-hybridized carbons (Fsp3) is 0.636. The van der Waals surface area contributed by atoms with E-state index in [1.165, 1.54) is 13.1 Å². The second-order valence-electron chi connectivity index (χ2n) is 4.51. The van der Waals surface area contributed by atoms with E-state index in [4.69, 9.17) is 0 Å². The molecule has 1 aromatic heterocycles. The fourth-order valence-corrected chi connectivity index (χ4v) is 1.67. The van der Waals surface area contributed by atoms with Crippen molar-refractivity contribution >= 4 is 11.6 Å². The first-order valence-corrected chi connectivity index (χ1v) is 5.75. The number of alkyl halides is 3. The Morgan fingerprint density at radius 1 is 1.39 bits per heavy atom. The number of hydrogen-bond donors (Lipinski definition) is 1. The Balaban J connectivity index is 2.27. The van der Waals surface area contributed by atoms with Gasteiger partial charge in [0.2, 0.25) is 5.82 Å². The summed E-state index contributed by atoms with van der Waals surface area (Å²) in [5, 5.41) is 2.63. The molecule has 0 saturated heterocycles. The van der Waals surface area contributed by atoms with Crippen molar-refractivity contribution in [3.63, 3.8) is 0 Å². The molecule has 7 heteroatoms. The molecule has 0 aliphatic heterocycles. The molecule has 0 bridgehead atoms. The van der Waals surface area contributed by atoms with Crippen molar-refractivity contribution in [1.29, 1.82) is 0 Å². The fourth-order valence-electron chi connectivity index (χ4n) is 1.67. The highest BCUT2D eigenvalue weighted by molar-refractivity contribution is 5.49. The van der Waals surface area contributed by atoms with Crippen molar-refractivity contribution in [1.82, 2.24) is 9.97 Å². The standard InChI is InChI=1S/C11H15F3N4/c1-15-8-5-9(18(2)6-7-3-4-7)17-10(16-8)11(12,13)14/h5,7H,3-4,6H2,1-2H3,(H,15,16,17). The molecular weight excluding hydrogens is 245 g/mol. The lowest BCUT2D eigenvalue weighted by molar-refractivity contribution is -0.144. The van der Waals surface area contributed by atoms with Crippen molar-refractivity contribution < 1.29 is 13.2 Å². The molecule has 4 nitrogen and oxygen atoms in total. The lowest BCUT2D eigenvalue weighted by Crippen LogP contribution is -2.23. The number of nitrogens with one attached hydrogen (secondary N) is 1. The van der Waals surface area contributed by atoms with E-state index >= 15 is 0 Å². The Bertz CT molecular complexity index is 429. The minimum absolute atomic E-state index is 0.176. The van der Waals surface area contributed by atoms with Crippen molar-refractivity contribution in [2.24, 2.45) is 5.92 Å². The van der Waals surface area contributed by atoms with Crippen molar-refractivity contribution in [3.8, 4) is 0 Å². The molecule has 18 heavy (non-hydrogen) atoms. The highest BCUT2D eigenvalue weighted by Gasteiger charge is 2.36. The summed E-state index contributed by atoms with van der Waals surface area (Å²) in [5.74, 6) is -0.0483. The van der Waals surface area contributed by atoms with Crippen LogP contribution in [0.1, 0.15) is 18.7 Å². The molecule has 1 aromatic rings. The van der Waals surface area contributed by atoms with E-state index in [0.717, 1.165) is 19.4 Å². The quantitative estimate of drug-likeness (QED) is 0.902. The Morgan fingerprint density at radius 3 is 2.56 bits per heavy atom. The first-order valence-electron chi connectivity index (χ1n) is 5.75. The number of halogens is 3. The van der Waals surface area contributed by atoms with Crippen LogP contribution in [-0.2, 0) is 6.18 Å². The summed E-state index contributed by atoms with van der Waals surface area (Å²) in [6.07, 6.45) is -2.25. The van der Waals surface area contributed by atoms with Crippen LogP contribution in [0.25, 0.3) is 0 Å². The molecule has 1 N–H and O–H groups in total. The van der Waals surface area contributed by atoms with Gasteiger partial charge < -0.3 is 10.2 Å². The predicted molar refractivity (Wildman–Crippen MR) is 62.6 cm³/mol. The highest BCUT2D eigenvalue weighted by atomic mass is 19.4. The lowest BCUT2D eigenvalue weighted by atomic mass is 10.3. The molecule has 0 spiro atoms. The van der Waals surface area contributed by atoms with E-state index in [-0.39, 0.29) is 5.82 Å². The molecule has 1 saturated carbocycles. The van der Waals surface area contributed by atoms with Gasteiger partial charge in [-0.2, -0.15) is 13.2 Å². The second kappa shape index (κ2) is 4.62. The van der Waals surface area contributed by atoms with E-state index in [2.05, 4.69) is 15.3 Å². The van der Waals surface area contributed by atoms with Gasteiger partial charge in [0.15, 0.2) is 0 Å². The zero-order valence-electron chi connectivity index (χ0n) is 10.3. The highest BCUT2D eigenvalue weighted by Crippen LogP contribution is 2.32. The molecule has 1 aliphatic carbocycles. The monoisotopic (exact) mass is 260 g/mol. The third kappa shape index (κ3) is 3.02. The van der Waals surface area contributed by atoms with Crippen molar-refractivity contribution in [3.05, 3.63) is 11.9 Å². The van der Waals surface area contributed by atoms with E-state index in [0.29, 0.717) is 11.7 Å². The van der Waals surface area contributed by atoms with Crippen molar-refractivity contribution in [2.45, 2.75) is 19.0 Å². The van der Waals surface area contributed by atoms with Gasteiger partial charge in [0.25, 0.3) is 0 Å². The third-order valence-electron chi connectivity index (χ3n) is 2.84. The molecule has 1 aliphatic rings. The normalized spacial score (nSPS) is 15.6. The molecule has 0 amide bonds. The summed E-state index contributed by atoms with van der Waals surface area (Å²) in [7, 11) is 3.29. The van der Waals surface area contributed by atoms with Gasteiger partial charge in [-0.25, -0.2) is 9.97 Å². The van der Waals surface area contributed by atoms with Gasteiger partial charge in [0, 0.05) is 26.7 Å².